The molecule has 0 spiro atoms. The van der Waals surface area contributed by atoms with Crippen LogP contribution in [0.2, 0.25) is 0 Å². The van der Waals surface area contributed by atoms with Crippen molar-refractivity contribution in [1.29, 1.82) is 0 Å². The predicted molar refractivity (Wildman–Crippen MR) is 138 cm³/mol. The first-order chi connectivity index (χ1) is 14.9. The van der Waals surface area contributed by atoms with Crippen molar-refractivity contribution in [3.8, 4) is 0 Å². The van der Waals surface area contributed by atoms with E-state index in [2.05, 4.69) is 33.0 Å². The molecule has 0 saturated heterocycles. The lowest BCUT2D eigenvalue weighted by atomic mass is 9.95. The smallest absolute Gasteiger partial charge is 0.376 e. The first kappa shape index (κ1) is 31.1. The summed E-state index contributed by atoms with van der Waals surface area (Å²) >= 11 is 0. The topological polar surface area (TPSA) is 39.7 Å². The van der Waals surface area contributed by atoms with E-state index in [0.29, 0.717) is 0 Å². The lowest BCUT2D eigenvalue weighted by molar-refractivity contribution is 0.0992. The Balaban J connectivity index is 3.76. The molecule has 1 unspecified atom stereocenters. The summed E-state index contributed by atoms with van der Waals surface area (Å²) in [6, 6.07) is 0. The molecule has 4 nitrogen and oxygen atoms in total. The molecule has 0 aliphatic heterocycles. The van der Waals surface area contributed by atoms with Gasteiger partial charge in [0.05, 0.1) is 5.67 Å². The van der Waals surface area contributed by atoms with E-state index in [0.717, 1.165) is 6.42 Å². The third kappa shape index (κ3) is 14.7. The predicted octanol–water partition coefficient (Wildman–Crippen LogP) is 7.81. The van der Waals surface area contributed by atoms with E-state index in [1.54, 1.807) is 21.3 Å². The summed E-state index contributed by atoms with van der Waals surface area (Å²) in [6.07, 6.45) is 23.2. The fourth-order valence-corrected chi connectivity index (χ4v) is 7.02. The number of nitrogens with one attached hydrogen (secondary N) is 1. The molecule has 0 aromatic heterocycles. The summed E-state index contributed by atoms with van der Waals surface area (Å²) in [4.78, 5) is 0. The standard InChI is InChI=1S/C26H57NO3Si/c1-8-10-11-12-13-14-15-16-17-18-19-20-21-22-23-24-26(3,4)27-25(9-2)31(28-5,29-6)30-7/h25,27H,8-24H2,1-7H3. The van der Waals surface area contributed by atoms with Crippen molar-refractivity contribution >= 4 is 8.80 Å². The Morgan fingerprint density at radius 3 is 1.29 bits per heavy atom. The highest BCUT2D eigenvalue weighted by molar-refractivity contribution is 6.62. The summed E-state index contributed by atoms with van der Waals surface area (Å²) in [5, 5.41) is 3.77. The molecule has 0 aromatic carbocycles. The van der Waals surface area contributed by atoms with Crippen molar-refractivity contribution < 1.29 is 13.3 Å². The molecule has 1 atom stereocenters. The molecule has 0 bridgehead atoms. The maximum absolute atomic E-state index is 5.70. The molecule has 0 amide bonds. The van der Waals surface area contributed by atoms with E-state index in [9.17, 15) is 0 Å². The highest BCUT2D eigenvalue weighted by Gasteiger charge is 2.48. The third-order valence-corrected chi connectivity index (χ3v) is 9.77. The van der Waals surface area contributed by atoms with Crippen LogP contribution in [0.1, 0.15) is 137 Å². The summed E-state index contributed by atoms with van der Waals surface area (Å²) in [6.45, 7) is 9.04. The summed E-state index contributed by atoms with van der Waals surface area (Å²) in [5.41, 5.74) is 0.184. The normalized spacial score (nSPS) is 13.6. The third-order valence-electron chi connectivity index (χ3n) is 6.66. The Bertz CT molecular complexity index is 381. The summed E-state index contributed by atoms with van der Waals surface area (Å²) in [7, 11) is 2.44. The van der Waals surface area contributed by atoms with Gasteiger partial charge in [-0.1, -0.05) is 110 Å². The zero-order valence-electron chi connectivity index (χ0n) is 22.3. The largest absolute Gasteiger partial charge is 0.518 e. The fourth-order valence-electron chi connectivity index (χ4n) is 4.60. The van der Waals surface area contributed by atoms with Crippen LogP contribution in [0.4, 0.5) is 0 Å². The minimum absolute atomic E-state index is 0.0606. The van der Waals surface area contributed by atoms with Gasteiger partial charge < -0.3 is 18.6 Å². The zero-order valence-corrected chi connectivity index (χ0v) is 23.3. The van der Waals surface area contributed by atoms with Crippen molar-refractivity contribution in [3.63, 3.8) is 0 Å². The molecular weight excluding hydrogens is 402 g/mol. The average molecular weight is 460 g/mol. The maximum atomic E-state index is 5.70. The van der Waals surface area contributed by atoms with Gasteiger partial charge in [0, 0.05) is 26.9 Å². The fraction of sp³-hybridized carbons (Fsp3) is 1.00. The van der Waals surface area contributed by atoms with Crippen LogP contribution in [-0.2, 0) is 13.3 Å². The van der Waals surface area contributed by atoms with Crippen LogP contribution in [0, 0.1) is 0 Å². The molecular formula is C26H57NO3Si. The van der Waals surface area contributed by atoms with Crippen molar-refractivity contribution in [1.82, 2.24) is 5.32 Å². The van der Waals surface area contributed by atoms with Gasteiger partial charge >= 0.3 is 8.80 Å². The zero-order chi connectivity index (χ0) is 23.4. The Morgan fingerprint density at radius 1 is 0.613 bits per heavy atom. The van der Waals surface area contributed by atoms with Gasteiger partial charge in [-0.15, -0.1) is 0 Å². The Kier molecular flexibility index (Phi) is 19.6. The number of unbranched alkanes of at least 4 members (excludes halogenated alkanes) is 14. The van der Waals surface area contributed by atoms with E-state index in [1.165, 1.54) is 103 Å². The van der Waals surface area contributed by atoms with Gasteiger partial charge in [-0.3, -0.25) is 0 Å². The first-order valence-electron chi connectivity index (χ1n) is 13.3. The molecule has 0 aliphatic rings. The number of rotatable bonds is 23. The molecule has 0 saturated carbocycles. The van der Waals surface area contributed by atoms with Gasteiger partial charge in [-0.05, 0) is 26.7 Å². The first-order valence-corrected chi connectivity index (χ1v) is 15.1. The Labute approximate surface area is 197 Å². The second-order valence-electron chi connectivity index (χ2n) is 9.90. The van der Waals surface area contributed by atoms with Crippen LogP contribution in [0.5, 0.6) is 0 Å². The Morgan fingerprint density at radius 2 is 0.968 bits per heavy atom. The highest BCUT2D eigenvalue weighted by Crippen LogP contribution is 2.22. The number of hydrogen-bond donors (Lipinski definition) is 1. The SMILES string of the molecule is CCCCCCCCCCCCCCCCCC(C)(C)NC(CC)[Si](OC)(OC)OC. The monoisotopic (exact) mass is 459 g/mol. The average Bonchev–Trinajstić information content (AvgIpc) is 2.77. The molecule has 0 heterocycles. The van der Waals surface area contributed by atoms with E-state index >= 15 is 0 Å². The van der Waals surface area contributed by atoms with Gasteiger partial charge in [0.2, 0.25) is 0 Å². The minimum Gasteiger partial charge on any atom is -0.376 e. The molecule has 5 heteroatoms. The van der Waals surface area contributed by atoms with E-state index in [-0.39, 0.29) is 11.2 Å². The van der Waals surface area contributed by atoms with Crippen LogP contribution >= 0.6 is 0 Å². The van der Waals surface area contributed by atoms with Crippen LogP contribution in [0.3, 0.4) is 0 Å². The van der Waals surface area contributed by atoms with Gasteiger partial charge in [-0.25, -0.2) is 0 Å². The van der Waals surface area contributed by atoms with E-state index < -0.39 is 8.80 Å². The summed E-state index contributed by atoms with van der Waals surface area (Å²) in [5.74, 6) is 0. The second kappa shape index (κ2) is 19.5. The van der Waals surface area contributed by atoms with Gasteiger partial charge in [0.25, 0.3) is 0 Å². The lowest BCUT2D eigenvalue weighted by Gasteiger charge is -2.38. The van der Waals surface area contributed by atoms with E-state index in [1.807, 2.05) is 0 Å². The molecule has 0 rings (SSSR count). The molecule has 31 heavy (non-hydrogen) atoms. The van der Waals surface area contributed by atoms with Crippen LogP contribution < -0.4 is 5.32 Å². The second-order valence-corrected chi connectivity index (χ2v) is 13.0. The highest BCUT2D eigenvalue weighted by atomic mass is 28.4. The molecule has 0 fully saturated rings. The molecule has 188 valence electrons. The molecule has 0 radical (unpaired) electrons. The van der Waals surface area contributed by atoms with E-state index in [4.69, 9.17) is 13.3 Å². The number of hydrogen-bond acceptors (Lipinski definition) is 4. The van der Waals surface area contributed by atoms with Crippen molar-refractivity contribution in [2.75, 3.05) is 21.3 Å². The van der Waals surface area contributed by atoms with Crippen molar-refractivity contribution in [2.24, 2.45) is 0 Å². The van der Waals surface area contributed by atoms with Gasteiger partial charge in [0.1, 0.15) is 0 Å². The quantitative estimate of drug-likeness (QED) is 0.125. The minimum atomic E-state index is -2.66. The Hall–Kier alpha value is 0.0569. The molecule has 1 N–H and O–H groups in total. The van der Waals surface area contributed by atoms with Crippen LogP contribution in [0.25, 0.3) is 0 Å². The van der Waals surface area contributed by atoms with Crippen LogP contribution in [-0.4, -0.2) is 41.3 Å². The molecule has 0 aliphatic carbocycles. The van der Waals surface area contributed by atoms with Gasteiger partial charge in [0.15, 0.2) is 0 Å². The van der Waals surface area contributed by atoms with Gasteiger partial charge in [-0.2, -0.15) is 0 Å². The maximum Gasteiger partial charge on any atom is 0.518 e. The van der Waals surface area contributed by atoms with Crippen molar-refractivity contribution in [3.05, 3.63) is 0 Å². The summed E-state index contributed by atoms with van der Waals surface area (Å²) < 4.78 is 17.1. The van der Waals surface area contributed by atoms with Crippen LogP contribution in [0.15, 0.2) is 0 Å². The molecule has 0 aromatic rings. The van der Waals surface area contributed by atoms with Crippen molar-refractivity contribution in [2.45, 2.75) is 148 Å². The lowest BCUT2D eigenvalue weighted by Crippen LogP contribution is -2.64.